The molecule has 1 aromatic carbocycles. The fraction of sp³-hybridized carbons (Fsp3) is 0.760. The quantitative estimate of drug-likeness (QED) is 0.432. The fourth-order valence-electron chi connectivity index (χ4n) is 5.66. The minimum atomic E-state index is 0.00789. The van der Waals surface area contributed by atoms with Crippen LogP contribution in [0.1, 0.15) is 108 Å². The summed E-state index contributed by atoms with van der Waals surface area (Å²) >= 11 is 0. The molecule has 1 aromatic rings. The van der Waals surface area contributed by atoms with Gasteiger partial charge in [0.2, 0.25) is 0 Å². The zero-order chi connectivity index (χ0) is 18.4. The summed E-state index contributed by atoms with van der Waals surface area (Å²) < 4.78 is 14.1. The van der Waals surface area contributed by atoms with Crippen LogP contribution in [0.25, 0.3) is 0 Å². The molecule has 2 aliphatic rings. The molecule has 0 spiro atoms. The Labute approximate surface area is 161 Å². The summed E-state index contributed by atoms with van der Waals surface area (Å²) in [6.07, 6.45) is 17.7. The molecule has 0 heterocycles. The van der Waals surface area contributed by atoms with E-state index in [4.69, 9.17) is 0 Å². The lowest BCUT2D eigenvalue weighted by atomic mass is 9.68. The third-order valence-electron chi connectivity index (χ3n) is 7.48. The molecule has 0 N–H and O–H groups in total. The molecule has 1 heteroatoms. The Morgan fingerprint density at radius 3 is 2.08 bits per heavy atom. The molecule has 0 unspecified atom stereocenters. The first-order valence-electron chi connectivity index (χ1n) is 11.5. The van der Waals surface area contributed by atoms with Crippen molar-refractivity contribution in [3.8, 4) is 0 Å². The van der Waals surface area contributed by atoms with E-state index >= 15 is 0 Å². The number of aryl methyl sites for hydroxylation is 1. The summed E-state index contributed by atoms with van der Waals surface area (Å²) in [6.45, 7) is 4.33. The number of benzene rings is 1. The predicted molar refractivity (Wildman–Crippen MR) is 110 cm³/mol. The van der Waals surface area contributed by atoms with Gasteiger partial charge in [0.15, 0.2) is 0 Å². The Hall–Kier alpha value is -0.850. The lowest BCUT2D eigenvalue weighted by Gasteiger charge is -2.38. The molecule has 146 valence electrons. The lowest BCUT2D eigenvalue weighted by Crippen LogP contribution is -2.25. The van der Waals surface area contributed by atoms with Crippen molar-refractivity contribution in [3.63, 3.8) is 0 Å². The average molecular weight is 359 g/mol. The minimum Gasteiger partial charge on any atom is -0.207 e. The van der Waals surface area contributed by atoms with E-state index < -0.39 is 0 Å². The molecule has 2 aliphatic carbocycles. The van der Waals surface area contributed by atoms with Gasteiger partial charge < -0.3 is 0 Å². The highest BCUT2D eigenvalue weighted by Gasteiger charge is 2.31. The average Bonchev–Trinajstić information content (AvgIpc) is 2.69. The summed E-state index contributed by atoms with van der Waals surface area (Å²) in [5.41, 5.74) is 2.11. The maximum Gasteiger partial charge on any atom is 0.126 e. The number of unbranched alkanes of at least 4 members (excludes halogenated alkanes) is 2. The van der Waals surface area contributed by atoms with Crippen molar-refractivity contribution in [2.45, 2.75) is 103 Å². The van der Waals surface area contributed by atoms with Crippen LogP contribution in [0.15, 0.2) is 18.2 Å². The fourth-order valence-corrected chi connectivity index (χ4v) is 5.66. The van der Waals surface area contributed by atoms with Gasteiger partial charge in [-0.05, 0) is 85.8 Å². The second-order valence-corrected chi connectivity index (χ2v) is 9.09. The highest BCUT2D eigenvalue weighted by molar-refractivity contribution is 5.27. The number of hydrogen-bond acceptors (Lipinski definition) is 0. The minimum absolute atomic E-state index is 0.00789. The topological polar surface area (TPSA) is 0 Å². The van der Waals surface area contributed by atoms with Gasteiger partial charge >= 0.3 is 0 Å². The van der Waals surface area contributed by atoms with E-state index in [1.165, 1.54) is 82.6 Å². The van der Waals surface area contributed by atoms with Gasteiger partial charge in [-0.25, -0.2) is 4.39 Å². The van der Waals surface area contributed by atoms with Gasteiger partial charge in [-0.1, -0.05) is 64.5 Å². The van der Waals surface area contributed by atoms with Crippen LogP contribution in [-0.4, -0.2) is 0 Å². The molecular weight excluding hydrogens is 319 g/mol. The summed E-state index contributed by atoms with van der Waals surface area (Å²) in [7, 11) is 0. The van der Waals surface area contributed by atoms with Gasteiger partial charge in [0, 0.05) is 0 Å². The summed E-state index contributed by atoms with van der Waals surface area (Å²) in [5, 5.41) is 0. The Bertz CT molecular complexity index is 533. The van der Waals surface area contributed by atoms with E-state index in [0.29, 0.717) is 5.92 Å². The molecular formula is C25H39F. The molecule has 0 amide bonds. The Morgan fingerprint density at radius 2 is 1.50 bits per heavy atom. The molecule has 0 bridgehead atoms. The standard InChI is InChI=1S/C25H39F/c1-3-5-6-7-19-8-10-21(11-9-19)22-13-15-23(16-14-22)24-17-12-20(4-2)25(26)18-24/h12,17-19,21-23H,3-11,13-16H2,1-2H3. The third kappa shape index (κ3) is 5.11. The molecule has 2 fully saturated rings. The van der Waals surface area contributed by atoms with E-state index in [-0.39, 0.29) is 5.82 Å². The van der Waals surface area contributed by atoms with Crippen LogP contribution < -0.4 is 0 Å². The zero-order valence-electron chi connectivity index (χ0n) is 17.1. The van der Waals surface area contributed by atoms with Gasteiger partial charge in [0.25, 0.3) is 0 Å². The van der Waals surface area contributed by atoms with Crippen LogP contribution in [0.3, 0.4) is 0 Å². The van der Waals surface area contributed by atoms with E-state index in [2.05, 4.69) is 13.0 Å². The first kappa shape index (κ1) is 19.9. The number of rotatable bonds is 7. The van der Waals surface area contributed by atoms with Crippen molar-refractivity contribution < 1.29 is 4.39 Å². The first-order valence-corrected chi connectivity index (χ1v) is 11.5. The molecule has 0 atom stereocenters. The van der Waals surface area contributed by atoms with Crippen molar-refractivity contribution in [2.75, 3.05) is 0 Å². The SMILES string of the molecule is CCCCCC1CCC(C2CCC(c3ccc(CC)c(F)c3)CC2)CC1. The Balaban J connectivity index is 1.43. The van der Waals surface area contributed by atoms with E-state index in [1.807, 2.05) is 19.1 Å². The summed E-state index contributed by atoms with van der Waals surface area (Å²) in [6, 6.07) is 6.02. The maximum absolute atomic E-state index is 14.1. The monoisotopic (exact) mass is 358 g/mol. The van der Waals surface area contributed by atoms with Gasteiger partial charge in [-0.3, -0.25) is 0 Å². The second-order valence-electron chi connectivity index (χ2n) is 9.09. The van der Waals surface area contributed by atoms with Crippen LogP contribution in [0.5, 0.6) is 0 Å². The van der Waals surface area contributed by atoms with Crippen LogP contribution in [0, 0.1) is 23.6 Å². The molecule has 26 heavy (non-hydrogen) atoms. The Morgan fingerprint density at radius 1 is 0.846 bits per heavy atom. The highest BCUT2D eigenvalue weighted by Crippen LogP contribution is 2.44. The van der Waals surface area contributed by atoms with Crippen LogP contribution in [0.2, 0.25) is 0 Å². The lowest BCUT2D eigenvalue weighted by molar-refractivity contribution is 0.155. The molecule has 0 aromatic heterocycles. The Kier molecular flexibility index (Phi) is 7.58. The van der Waals surface area contributed by atoms with Crippen molar-refractivity contribution >= 4 is 0 Å². The van der Waals surface area contributed by atoms with Gasteiger partial charge in [-0.2, -0.15) is 0 Å². The predicted octanol–water partition coefficient (Wildman–Crippen LogP) is 8.05. The first-order chi connectivity index (χ1) is 12.7. The highest BCUT2D eigenvalue weighted by atomic mass is 19.1. The number of hydrogen-bond donors (Lipinski definition) is 0. The van der Waals surface area contributed by atoms with Gasteiger partial charge in [-0.15, -0.1) is 0 Å². The molecule has 3 rings (SSSR count). The van der Waals surface area contributed by atoms with Gasteiger partial charge in [0.05, 0.1) is 0 Å². The van der Waals surface area contributed by atoms with Crippen molar-refractivity contribution in [3.05, 3.63) is 35.1 Å². The largest absolute Gasteiger partial charge is 0.207 e. The molecule has 0 aliphatic heterocycles. The molecule has 0 nitrogen and oxygen atoms in total. The van der Waals surface area contributed by atoms with Crippen LogP contribution in [0.4, 0.5) is 4.39 Å². The molecule has 0 radical (unpaired) electrons. The zero-order valence-corrected chi connectivity index (χ0v) is 17.1. The normalized spacial score (nSPS) is 29.7. The second kappa shape index (κ2) is 9.90. The van der Waals surface area contributed by atoms with Crippen LogP contribution in [-0.2, 0) is 6.42 Å². The van der Waals surface area contributed by atoms with E-state index in [9.17, 15) is 4.39 Å². The maximum atomic E-state index is 14.1. The third-order valence-corrected chi connectivity index (χ3v) is 7.48. The van der Waals surface area contributed by atoms with E-state index in [0.717, 1.165) is 29.7 Å². The number of halogens is 1. The summed E-state index contributed by atoms with van der Waals surface area (Å²) in [4.78, 5) is 0. The smallest absolute Gasteiger partial charge is 0.126 e. The van der Waals surface area contributed by atoms with Crippen molar-refractivity contribution in [1.29, 1.82) is 0 Å². The molecule has 0 saturated heterocycles. The van der Waals surface area contributed by atoms with Crippen LogP contribution >= 0.6 is 0 Å². The summed E-state index contributed by atoms with van der Waals surface area (Å²) in [5.74, 6) is 3.56. The van der Waals surface area contributed by atoms with Crippen molar-refractivity contribution in [1.82, 2.24) is 0 Å². The van der Waals surface area contributed by atoms with E-state index in [1.54, 1.807) is 0 Å². The van der Waals surface area contributed by atoms with Crippen molar-refractivity contribution in [2.24, 2.45) is 17.8 Å². The molecule has 2 saturated carbocycles. The van der Waals surface area contributed by atoms with Gasteiger partial charge in [0.1, 0.15) is 5.82 Å².